The molecule has 0 aliphatic carbocycles. The van der Waals surface area contributed by atoms with E-state index in [0.29, 0.717) is 90.1 Å². The number of sulfonamides is 4. The van der Waals surface area contributed by atoms with Gasteiger partial charge in [0.15, 0.2) is 0 Å². The van der Waals surface area contributed by atoms with Gasteiger partial charge in [0.25, 0.3) is 0 Å². The molecule has 36 nitrogen and oxygen atoms in total. The number of aromatic nitrogens is 8. The van der Waals surface area contributed by atoms with Crippen molar-refractivity contribution in [1.82, 2.24) is 39.9 Å². The predicted molar refractivity (Wildman–Crippen MR) is 492 cm³/mol. The Morgan fingerprint density at radius 1 is 0.306 bits per heavy atom. The standard InChI is InChI=1S/4C22H28FN3O6S.2Ca/c4*1-13(2)20-18(10-9-16(27)11-17(28)12-19(29)30)21(14-5-7-15(23)8-6-14)25-22(24-20)26(3)33(4,31)32;;/h4*5-10,13,16-17,27-28H,11-12H2,1-4H3,(H,29,30);;/q;;;;2*+2/p-4/b4*10-9+;;/t4*16-,17-;;/m1111../s1. The van der Waals surface area contributed by atoms with Gasteiger partial charge in [-0.3, -0.25) is 0 Å². The molecule has 8 aromatic rings. The van der Waals surface area contributed by atoms with Crippen molar-refractivity contribution in [3.8, 4) is 45.0 Å². The van der Waals surface area contributed by atoms with Gasteiger partial charge >= 0.3 is 75.5 Å². The summed E-state index contributed by atoms with van der Waals surface area (Å²) in [6.45, 7) is 14.8. The SMILES string of the molecule is CC(C)c1nc(N(C)S(C)(=O)=O)nc(-c2ccc(F)cc2)c1/C=C/[C@@H](O)C[C@@H](O)CC(=O)[O-].CC(C)c1nc(N(C)S(C)(=O)=O)nc(-c2ccc(F)cc2)c1/C=C/[C@@H](O)C[C@@H](O)CC(=O)[O-].CC(C)c1nc(N(C)S(C)(=O)=O)nc(-c2ccc(F)cc2)c1/C=C/[C@@H](O)C[C@@H](O)CC(=O)[O-].CC(C)c1nc(N(C)S(C)(=O)=O)nc(-c2ccc(F)cc2)c1/C=C/[C@@H](O)C[C@@H](O)CC(=O)[O-].[Ca+2].[Ca+2]. The Balaban J connectivity index is 0.000000458. The molecule has 0 radical (unpaired) electrons. The number of aliphatic carboxylic acids is 4. The summed E-state index contributed by atoms with van der Waals surface area (Å²) in [6, 6.07) is 21.8. The van der Waals surface area contributed by atoms with Crippen molar-refractivity contribution in [3.63, 3.8) is 0 Å². The molecule has 0 saturated carbocycles. The van der Waals surface area contributed by atoms with Crippen molar-refractivity contribution in [2.75, 3.05) is 70.4 Å². The third-order valence-electron chi connectivity index (χ3n) is 19.2. The first kappa shape index (κ1) is 119. The molecule has 0 bridgehead atoms. The van der Waals surface area contributed by atoms with Gasteiger partial charge in [-0.25, -0.2) is 108 Å². The molecule has 0 fully saturated rings. The number of carboxylic acids is 4. The van der Waals surface area contributed by atoms with E-state index >= 15 is 0 Å². The minimum Gasteiger partial charge on any atom is -0.550 e. The summed E-state index contributed by atoms with van der Waals surface area (Å²) in [4.78, 5) is 77.7. The van der Waals surface area contributed by atoms with E-state index in [4.69, 9.17) is 0 Å². The predicted octanol–water partition coefficient (Wildman–Crippen LogP) is 3.51. The Labute approximate surface area is 836 Å². The molecule has 4 aromatic heterocycles. The Morgan fingerprint density at radius 3 is 0.582 bits per heavy atom. The van der Waals surface area contributed by atoms with Crippen molar-refractivity contribution in [2.24, 2.45) is 0 Å². The summed E-state index contributed by atoms with van der Waals surface area (Å²) in [5.41, 5.74) is 7.05. The quantitative estimate of drug-likeness (QED) is 0.0201. The van der Waals surface area contributed by atoms with Crippen LogP contribution in [0, 0.1) is 23.3 Å². The van der Waals surface area contributed by atoms with Crippen LogP contribution in [0.3, 0.4) is 0 Å². The fraction of sp³-hybridized carbons (Fsp3) is 0.409. The number of hydrogen-bond donors (Lipinski definition) is 8. The van der Waals surface area contributed by atoms with Crippen molar-refractivity contribution >= 4 is 188 Å². The van der Waals surface area contributed by atoms with Crippen LogP contribution < -0.4 is 37.6 Å². The summed E-state index contributed by atoms with van der Waals surface area (Å²) in [7, 11) is -9.34. The van der Waals surface area contributed by atoms with E-state index in [1.54, 1.807) is 0 Å². The van der Waals surface area contributed by atoms with Crippen molar-refractivity contribution in [3.05, 3.63) is 190 Å². The van der Waals surface area contributed by atoms with Crippen LogP contribution in [0.4, 0.5) is 41.4 Å². The Morgan fingerprint density at radius 2 is 0.455 bits per heavy atom. The normalized spacial score (nSPS) is 13.7. The molecule has 46 heteroatoms. The van der Waals surface area contributed by atoms with E-state index in [0.717, 1.165) is 42.2 Å². The maximum Gasteiger partial charge on any atom is 2.00 e. The summed E-state index contributed by atoms with van der Waals surface area (Å²) in [5.74, 6) is -8.56. The summed E-state index contributed by atoms with van der Waals surface area (Å²) in [5, 5.41) is 122. The van der Waals surface area contributed by atoms with E-state index in [-0.39, 0.29) is 149 Å². The fourth-order valence-corrected chi connectivity index (χ4v) is 13.7. The van der Waals surface area contributed by atoms with E-state index in [9.17, 15) is 132 Å². The summed E-state index contributed by atoms with van der Waals surface area (Å²) < 4.78 is 154. The van der Waals surface area contributed by atoms with Crippen LogP contribution in [-0.4, -0.2) is 316 Å². The van der Waals surface area contributed by atoms with Crippen LogP contribution >= 0.6 is 0 Å². The first-order chi connectivity index (χ1) is 61.2. The van der Waals surface area contributed by atoms with E-state index in [1.807, 2.05) is 55.4 Å². The second-order valence-corrected chi connectivity index (χ2v) is 39.9. The van der Waals surface area contributed by atoms with Crippen LogP contribution in [0.25, 0.3) is 69.3 Å². The van der Waals surface area contributed by atoms with Gasteiger partial charge in [-0.1, -0.05) is 104 Å². The van der Waals surface area contributed by atoms with Gasteiger partial charge in [0.2, 0.25) is 63.9 Å². The molecule has 8 atom stereocenters. The molecular weight excluding hydrogens is 1890 g/mol. The molecular formula is C88H108Ca2F4N12O24S4. The van der Waals surface area contributed by atoms with Gasteiger partial charge in [0.05, 0.1) is 119 Å². The Kier molecular flexibility index (Phi) is 47.7. The Bertz CT molecular complexity index is 5210. The first-order valence-corrected chi connectivity index (χ1v) is 48.0. The molecule has 0 aliphatic rings. The van der Waals surface area contributed by atoms with Crippen LogP contribution in [-0.2, 0) is 59.3 Å². The number of carbonyl (C=O) groups is 4. The van der Waals surface area contributed by atoms with Crippen LogP contribution in [0.15, 0.2) is 121 Å². The monoisotopic (exact) mass is 2000 g/mol. The minimum atomic E-state index is -3.66. The van der Waals surface area contributed by atoms with Crippen LogP contribution in [0.5, 0.6) is 0 Å². The average Bonchev–Trinajstić information content (AvgIpc) is 0.793. The topological polar surface area (TPSA) is 575 Å². The average molecular weight is 2000 g/mol. The second-order valence-electron chi connectivity index (χ2n) is 31.8. The first-order valence-electron chi connectivity index (χ1n) is 40.6. The third kappa shape index (κ3) is 38.1. The number of halogens is 4. The number of nitrogens with zero attached hydrogens (tertiary/aromatic N) is 12. The van der Waals surface area contributed by atoms with Gasteiger partial charge < -0.3 is 80.5 Å². The number of aliphatic hydroxyl groups excluding tert-OH is 8. The van der Waals surface area contributed by atoms with Crippen molar-refractivity contribution in [2.45, 2.75) is 179 Å². The molecule has 0 amide bonds. The van der Waals surface area contributed by atoms with Gasteiger partial charge in [0.1, 0.15) is 23.3 Å². The largest absolute Gasteiger partial charge is 2.00 e. The van der Waals surface area contributed by atoms with E-state index < -0.39 is 162 Å². The molecule has 0 saturated heterocycles. The fourth-order valence-electron chi connectivity index (χ4n) is 12.1. The molecule has 0 aliphatic heterocycles. The number of carbonyl (C=O) groups excluding carboxylic acids is 4. The van der Waals surface area contributed by atoms with Crippen LogP contribution in [0.2, 0.25) is 0 Å². The molecule has 8 rings (SSSR count). The van der Waals surface area contributed by atoms with E-state index in [1.165, 1.54) is 174 Å². The number of aliphatic hydroxyl groups is 8. The van der Waals surface area contributed by atoms with Crippen molar-refractivity contribution < 1.29 is 132 Å². The summed E-state index contributed by atoms with van der Waals surface area (Å²) in [6.07, 6.45) is 2.31. The maximum atomic E-state index is 13.5. The number of carboxylic acid groups (broad SMARTS) is 4. The molecule has 8 N–H and O–H groups in total. The Hall–Kier alpha value is -9.04. The molecule has 4 aromatic carbocycles. The molecule has 0 unspecified atom stereocenters. The second kappa shape index (κ2) is 53.6. The molecule has 134 heavy (non-hydrogen) atoms. The number of anilines is 4. The number of benzene rings is 4. The zero-order chi connectivity index (χ0) is 99.7. The van der Waals surface area contributed by atoms with Crippen molar-refractivity contribution in [1.29, 1.82) is 0 Å². The molecule has 4 heterocycles. The zero-order valence-corrected chi connectivity index (χ0v) is 84.2. The number of rotatable bonds is 40. The summed E-state index contributed by atoms with van der Waals surface area (Å²) >= 11 is 0. The van der Waals surface area contributed by atoms with Gasteiger partial charge in [-0.15, -0.1) is 0 Å². The van der Waals surface area contributed by atoms with Gasteiger partial charge in [-0.05, 0) is 121 Å². The van der Waals surface area contributed by atoms with Gasteiger partial charge in [-0.2, -0.15) is 0 Å². The molecule has 720 valence electrons. The minimum absolute atomic E-state index is 0. The van der Waals surface area contributed by atoms with E-state index in [2.05, 4.69) is 39.9 Å². The van der Waals surface area contributed by atoms with Crippen LogP contribution in [0.1, 0.15) is 175 Å². The third-order valence-corrected chi connectivity index (χ3v) is 23.9. The maximum absolute atomic E-state index is 13.5. The number of hydrogen-bond acceptors (Lipinski definition) is 32. The molecule has 0 spiro atoms. The zero-order valence-electron chi connectivity index (χ0n) is 76.5. The smallest absolute Gasteiger partial charge is 0.550 e. The van der Waals surface area contributed by atoms with Gasteiger partial charge in [0, 0.05) is 148 Å².